The summed E-state index contributed by atoms with van der Waals surface area (Å²) in [4.78, 5) is 23.3. The number of nitro benzene ring substituents is 2. The van der Waals surface area contributed by atoms with Gasteiger partial charge in [-0.1, -0.05) is 12.1 Å². The third kappa shape index (κ3) is 2.83. The number of azo groups is 1. The summed E-state index contributed by atoms with van der Waals surface area (Å²) in [5, 5.41) is 40.5. The van der Waals surface area contributed by atoms with Crippen LogP contribution in [0.25, 0.3) is 10.9 Å². The van der Waals surface area contributed by atoms with E-state index in [9.17, 15) is 25.3 Å². The lowest BCUT2D eigenvalue weighted by Gasteiger charge is -2.00. The van der Waals surface area contributed by atoms with Gasteiger partial charge in [0.15, 0.2) is 11.4 Å². The lowest BCUT2D eigenvalue weighted by molar-refractivity contribution is -0.393. The van der Waals surface area contributed by atoms with Crippen LogP contribution in [-0.4, -0.2) is 19.9 Å². The van der Waals surface area contributed by atoms with Crippen molar-refractivity contribution >= 4 is 33.7 Å². The van der Waals surface area contributed by atoms with Crippen LogP contribution < -0.4 is 0 Å². The summed E-state index contributed by atoms with van der Waals surface area (Å²) in [5.74, 6) is -0.217. The number of hydrogen-bond acceptors (Lipinski definition) is 7. The minimum absolute atomic E-state index is 0.147. The first kappa shape index (κ1) is 17.0. The first-order valence-electron chi connectivity index (χ1n) is 7.45. The molecule has 10 nitrogen and oxygen atoms in total. The van der Waals surface area contributed by atoms with Crippen molar-refractivity contribution in [2.24, 2.45) is 10.2 Å². The number of nitrogens with one attached hydrogen (secondary N) is 1. The van der Waals surface area contributed by atoms with Crippen LogP contribution in [0.3, 0.4) is 0 Å². The smallest absolute Gasteiger partial charge is 0.303 e. The van der Waals surface area contributed by atoms with E-state index >= 15 is 0 Å². The molecular formula is C16H13N5O5. The molecule has 0 aliphatic rings. The molecule has 0 unspecified atom stereocenters. The summed E-state index contributed by atoms with van der Waals surface area (Å²) in [6, 6.07) is 6.81. The Labute approximate surface area is 146 Å². The molecule has 26 heavy (non-hydrogen) atoms. The van der Waals surface area contributed by atoms with E-state index in [1.165, 1.54) is 0 Å². The molecule has 2 N–H and O–H groups in total. The van der Waals surface area contributed by atoms with Gasteiger partial charge >= 0.3 is 5.69 Å². The fourth-order valence-electron chi connectivity index (χ4n) is 2.63. The van der Waals surface area contributed by atoms with Crippen molar-refractivity contribution in [3.05, 3.63) is 61.7 Å². The number of aromatic nitrogens is 1. The Morgan fingerprint density at radius 3 is 2.35 bits per heavy atom. The van der Waals surface area contributed by atoms with Crippen LogP contribution in [0.4, 0.5) is 22.7 Å². The van der Waals surface area contributed by atoms with Gasteiger partial charge in [-0.25, -0.2) is 0 Å². The SMILES string of the molecule is Cc1ccc(C)c2c(N=Nc3ccc([N+](=O)[O-])cc3[N+](=O)[O-])c(O)[nH]c12. The van der Waals surface area contributed by atoms with Crippen molar-refractivity contribution in [2.75, 3.05) is 0 Å². The van der Waals surface area contributed by atoms with Gasteiger partial charge < -0.3 is 10.1 Å². The highest BCUT2D eigenvalue weighted by Crippen LogP contribution is 2.40. The van der Waals surface area contributed by atoms with Crippen LogP contribution in [0.1, 0.15) is 11.1 Å². The second kappa shape index (κ2) is 6.24. The Kier molecular flexibility index (Phi) is 4.08. The number of fused-ring (bicyclic) bond motifs is 1. The summed E-state index contributed by atoms with van der Waals surface area (Å²) < 4.78 is 0. The number of nitro groups is 2. The van der Waals surface area contributed by atoms with E-state index in [4.69, 9.17) is 0 Å². The molecule has 10 heteroatoms. The normalized spacial score (nSPS) is 11.3. The quantitative estimate of drug-likeness (QED) is 0.394. The molecule has 2 aromatic carbocycles. The monoisotopic (exact) mass is 355 g/mol. The summed E-state index contributed by atoms with van der Waals surface area (Å²) in [5.41, 5.74) is 1.45. The van der Waals surface area contributed by atoms with Crippen LogP contribution in [0.5, 0.6) is 5.88 Å². The Morgan fingerprint density at radius 1 is 1.00 bits per heavy atom. The summed E-state index contributed by atoms with van der Waals surface area (Å²) in [7, 11) is 0. The molecule has 0 radical (unpaired) electrons. The van der Waals surface area contributed by atoms with Gasteiger partial charge in [-0.05, 0) is 31.0 Å². The number of aromatic hydroxyl groups is 1. The Morgan fingerprint density at radius 2 is 1.69 bits per heavy atom. The van der Waals surface area contributed by atoms with E-state index in [2.05, 4.69) is 15.2 Å². The number of aryl methyl sites for hydroxylation is 2. The molecule has 3 aromatic rings. The number of hydrogen-bond donors (Lipinski definition) is 2. The largest absolute Gasteiger partial charge is 0.493 e. The van der Waals surface area contributed by atoms with Crippen LogP contribution in [-0.2, 0) is 0 Å². The van der Waals surface area contributed by atoms with Gasteiger partial charge in [0.1, 0.15) is 0 Å². The second-order valence-electron chi connectivity index (χ2n) is 5.66. The zero-order chi connectivity index (χ0) is 19.0. The Balaban J connectivity index is 2.13. The molecule has 0 saturated heterocycles. The molecular weight excluding hydrogens is 342 g/mol. The number of aromatic amines is 1. The third-order valence-electron chi connectivity index (χ3n) is 3.95. The van der Waals surface area contributed by atoms with Crippen molar-refractivity contribution < 1.29 is 15.0 Å². The lowest BCUT2D eigenvalue weighted by Crippen LogP contribution is -1.92. The predicted molar refractivity (Wildman–Crippen MR) is 93.4 cm³/mol. The molecule has 0 spiro atoms. The van der Waals surface area contributed by atoms with Crippen molar-refractivity contribution in [1.29, 1.82) is 0 Å². The Hall–Kier alpha value is -3.82. The minimum atomic E-state index is -0.772. The maximum absolute atomic E-state index is 11.2. The molecule has 1 heterocycles. The second-order valence-corrected chi connectivity index (χ2v) is 5.66. The van der Waals surface area contributed by atoms with Gasteiger partial charge in [0.2, 0.25) is 5.88 Å². The van der Waals surface area contributed by atoms with E-state index in [0.717, 1.165) is 29.3 Å². The van der Waals surface area contributed by atoms with E-state index in [0.29, 0.717) is 10.9 Å². The van der Waals surface area contributed by atoms with Crippen molar-refractivity contribution in [3.63, 3.8) is 0 Å². The van der Waals surface area contributed by atoms with Gasteiger partial charge in [0.25, 0.3) is 5.69 Å². The van der Waals surface area contributed by atoms with Crippen molar-refractivity contribution in [1.82, 2.24) is 4.98 Å². The van der Waals surface area contributed by atoms with Gasteiger partial charge in [-0.15, -0.1) is 10.2 Å². The highest BCUT2D eigenvalue weighted by atomic mass is 16.6. The van der Waals surface area contributed by atoms with E-state index in [1.54, 1.807) is 0 Å². The maximum Gasteiger partial charge on any atom is 0.303 e. The van der Waals surface area contributed by atoms with Gasteiger partial charge in [0.05, 0.1) is 21.4 Å². The molecule has 132 valence electrons. The van der Waals surface area contributed by atoms with Gasteiger partial charge in [-0.2, -0.15) is 0 Å². The molecule has 0 fully saturated rings. The highest BCUT2D eigenvalue weighted by Gasteiger charge is 2.20. The highest BCUT2D eigenvalue weighted by molar-refractivity contribution is 5.98. The fraction of sp³-hybridized carbons (Fsp3) is 0.125. The molecule has 0 atom stereocenters. The van der Waals surface area contributed by atoms with Crippen LogP contribution in [0, 0.1) is 34.1 Å². The van der Waals surface area contributed by atoms with E-state index in [-0.39, 0.29) is 17.3 Å². The van der Waals surface area contributed by atoms with Crippen LogP contribution >= 0.6 is 0 Å². The molecule has 0 aliphatic carbocycles. The van der Waals surface area contributed by atoms with Crippen molar-refractivity contribution in [3.8, 4) is 5.88 Å². The number of nitrogens with zero attached hydrogens (tertiary/aromatic N) is 4. The maximum atomic E-state index is 11.2. The minimum Gasteiger partial charge on any atom is -0.493 e. The lowest BCUT2D eigenvalue weighted by atomic mass is 10.1. The fourth-order valence-corrected chi connectivity index (χ4v) is 2.63. The van der Waals surface area contributed by atoms with E-state index in [1.807, 2.05) is 26.0 Å². The molecule has 0 aliphatic heterocycles. The number of rotatable bonds is 4. The average Bonchev–Trinajstić information content (AvgIpc) is 2.93. The first-order valence-corrected chi connectivity index (χ1v) is 7.45. The number of benzene rings is 2. The third-order valence-corrected chi connectivity index (χ3v) is 3.95. The zero-order valence-corrected chi connectivity index (χ0v) is 13.8. The zero-order valence-electron chi connectivity index (χ0n) is 13.8. The first-order chi connectivity index (χ1) is 12.3. The summed E-state index contributed by atoms with van der Waals surface area (Å²) >= 11 is 0. The van der Waals surface area contributed by atoms with Crippen molar-refractivity contribution in [2.45, 2.75) is 13.8 Å². The van der Waals surface area contributed by atoms with Crippen LogP contribution in [0.15, 0.2) is 40.6 Å². The topological polar surface area (TPSA) is 147 Å². The standard InChI is InChI=1S/C16H13N5O5/c1-8-3-4-9(2)14-13(8)15(16(22)17-14)19-18-11-6-5-10(20(23)24)7-12(11)21(25)26/h3-7,17,22H,1-2H3. The van der Waals surface area contributed by atoms with Gasteiger partial charge in [-0.3, -0.25) is 20.2 Å². The molecule has 1 aromatic heterocycles. The average molecular weight is 355 g/mol. The predicted octanol–water partition coefficient (Wildman–Crippen LogP) is 4.72. The van der Waals surface area contributed by atoms with Gasteiger partial charge in [0, 0.05) is 11.5 Å². The number of H-pyrrole nitrogens is 1. The molecule has 0 saturated carbocycles. The summed E-state index contributed by atoms with van der Waals surface area (Å²) in [6.07, 6.45) is 0. The molecule has 0 bridgehead atoms. The molecule has 3 rings (SSSR count). The Bertz CT molecular complexity index is 1090. The summed E-state index contributed by atoms with van der Waals surface area (Å²) in [6.45, 7) is 3.70. The van der Waals surface area contributed by atoms with Crippen LogP contribution in [0.2, 0.25) is 0 Å². The number of non-ortho nitro benzene ring substituents is 1. The van der Waals surface area contributed by atoms with E-state index < -0.39 is 21.2 Å². The molecule has 0 amide bonds.